The lowest BCUT2D eigenvalue weighted by atomic mass is 9.45. The van der Waals surface area contributed by atoms with Crippen molar-refractivity contribution in [2.24, 2.45) is 40.4 Å². The van der Waals surface area contributed by atoms with Crippen LogP contribution in [0.2, 0.25) is 0 Å². The van der Waals surface area contributed by atoms with Crippen LogP contribution in [-0.4, -0.2) is 0 Å². The van der Waals surface area contributed by atoms with E-state index >= 15 is 0 Å². The van der Waals surface area contributed by atoms with E-state index < -0.39 is 0 Å². The monoisotopic (exact) mass is 288 g/mol. The van der Waals surface area contributed by atoms with Crippen LogP contribution >= 0.6 is 0 Å². The highest BCUT2D eigenvalue weighted by Gasteiger charge is 2.59. The first-order chi connectivity index (χ1) is 10.1. The van der Waals surface area contributed by atoms with Crippen molar-refractivity contribution in [2.75, 3.05) is 0 Å². The van der Waals surface area contributed by atoms with Crippen molar-refractivity contribution in [3.05, 3.63) is 0 Å². The van der Waals surface area contributed by atoms with Gasteiger partial charge in [-0.15, -0.1) is 0 Å². The van der Waals surface area contributed by atoms with Crippen LogP contribution in [0.1, 0.15) is 91.4 Å². The molecule has 4 aliphatic carbocycles. The molecule has 0 aromatic carbocycles. The van der Waals surface area contributed by atoms with E-state index in [-0.39, 0.29) is 0 Å². The van der Waals surface area contributed by atoms with Gasteiger partial charge in [-0.1, -0.05) is 40.0 Å². The number of rotatable bonds is 1. The van der Waals surface area contributed by atoms with E-state index in [0.29, 0.717) is 5.41 Å². The Balaban J connectivity index is 1.62. The Morgan fingerprint density at radius 1 is 0.762 bits per heavy atom. The van der Waals surface area contributed by atoms with E-state index in [4.69, 9.17) is 0 Å². The zero-order valence-corrected chi connectivity index (χ0v) is 14.7. The molecule has 0 spiro atoms. The van der Waals surface area contributed by atoms with Gasteiger partial charge < -0.3 is 0 Å². The van der Waals surface area contributed by atoms with Gasteiger partial charge >= 0.3 is 0 Å². The van der Waals surface area contributed by atoms with Crippen LogP contribution < -0.4 is 0 Å². The SMILES string of the molecule is CCC1CCC2[C@@H]3CCC4CCCCC4(C)C3CCC12C. The summed E-state index contributed by atoms with van der Waals surface area (Å²) < 4.78 is 0. The Morgan fingerprint density at radius 2 is 1.57 bits per heavy atom. The molecule has 120 valence electrons. The van der Waals surface area contributed by atoms with E-state index in [2.05, 4.69) is 20.8 Å². The minimum atomic E-state index is 0.716. The minimum absolute atomic E-state index is 0.716. The van der Waals surface area contributed by atoms with Gasteiger partial charge in [-0.05, 0) is 91.8 Å². The highest BCUT2D eigenvalue weighted by Crippen LogP contribution is 2.67. The Bertz CT molecular complexity index is 399. The quantitative estimate of drug-likeness (QED) is 0.520. The van der Waals surface area contributed by atoms with Crippen LogP contribution in [0.25, 0.3) is 0 Å². The van der Waals surface area contributed by atoms with E-state index in [1.165, 1.54) is 19.3 Å². The maximum absolute atomic E-state index is 2.71. The normalized spacial score (nSPS) is 56.4. The Labute approximate surface area is 132 Å². The van der Waals surface area contributed by atoms with Gasteiger partial charge in [0.05, 0.1) is 0 Å². The molecule has 0 saturated heterocycles. The van der Waals surface area contributed by atoms with Gasteiger partial charge in [0.25, 0.3) is 0 Å². The number of fused-ring (bicyclic) bond motifs is 5. The van der Waals surface area contributed by atoms with Crippen LogP contribution in [0.4, 0.5) is 0 Å². The van der Waals surface area contributed by atoms with Crippen LogP contribution in [0.5, 0.6) is 0 Å². The molecule has 0 aromatic rings. The van der Waals surface area contributed by atoms with Gasteiger partial charge in [-0.2, -0.15) is 0 Å². The van der Waals surface area contributed by atoms with Crippen molar-refractivity contribution in [3.8, 4) is 0 Å². The summed E-state index contributed by atoms with van der Waals surface area (Å²) in [6.07, 6.45) is 17.0. The van der Waals surface area contributed by atoms with Gasteiger partial charge in [0.1, 0.15) is 0 Å². The Hall–Kier alpha value is 0. The van der Waals surface area contributed by atoms with Crippen LogP contribution in [0.15, 0.2) is 0 Å². The fourth-order valence-corrected chi connectivity index (χ4v) is 8.07. The molecule has 0 aliphatic heterocycles. The third-order valence-corrected chi connectivity index (χ3v) is 9.27. The second kappa shape index (κ2) is 5.00. The maximum atomic E-state index is 2.71. The molecule has 4 saturated carbocycles. The van der Waals surface area contributed by atoms with E-state index in [1.807, 2.05) is 0 Å². The minimum Gasteiger partial charge on any atom is -0.0651 e. The number of hydrogen-bond donors (Lipinski definition) is 0. The molecule has 21 heavy (non-hydrogen) atoms. The summed E-state index contributed by atoms with van der Waals surface area (Å²) in [6, 6.07) is 0. The summed E-state index contributed by atoms with van der Waals surface area (Å²) in [6.45, 7) is 7.84. The third kappa shape index (κ3) is 1.93. The van der Waals surface area contributed by atoms with Crippen LogP contribution in [-0.2, 0) is 0 Å². The molecule has 4 fully saturated rings. The van der Waals surface area contributed by atoms with Crippen molar-refractivity contribution in [1.82, 2.24) is 0 Å². The predicted octanol–water partition coefficient (Wildman–Crippen LogP) is 6.45. The van der Waals surface area contributed by atoms with Crippen molar-refractivity contribution < 1.29 is 0 Å². The molecule has 0 N–H and O–H groups in total. The zero-order chi connectivity index (χ0) is 14.7. The largest absolute Gasteiger partial charge is 0.0651 e. The molecule has 0 amide bonds. The topological polar surface area (TPSA) is 0 Å². The molecule has 4 rings (SSSR count). The second-order valence-electron chi connectivity index (χ2n) is 9.63. The summed E-state index contributed by atoms with van der Waals surface area (Å²) in [7, 11) is 0. The van der Waals surface area contributed by atoms with Gasteiger partial charge in [0.15, 0.2) is 0 Å². The Kier molecular flexibility index (Phi) is 3.47. The van der Waals surface area contributed by atoms with Crippen molar-refractivity contribution in [2.45, 2.75) is 91.4 Å². The molecule has 6 unspecified atom stereocenters. The predicted molar refractivity (Wildman–Crippen MR) is 90.1 cm³/mol. The summed E-state index contributed by atoms with van der Waals surface area (Å²) in [5.41, 5.74) is 1.45. The van der Waals surface area contributed by atoms with Crippen LogP contribution in [0, 0.1) is 40.4 Å². The first kappa shape index (κ1) is 14.6. The highest BCUT2D eigenvalue weighted by atomic mass is 14.6. The lowest BCUT2D eigenvalue weighted by Gasteiger charge is -2.60. The van der Waals surface area contributed by atoms with Crippen molar-refractivity contribution in [3.63, 3.8) is 0 Å². The Morgan fingerprint density at radius 3 is 2.38 bits per heavy atom. The smallest absolute Gasteiger partial charge is 0.0266 e. The second-order valence-corrected chi connectivity index (χ2v) is 9.63. The molecule has 7 atom stereocenters. The molecule has 0 radical (unpaired) electrons. The fraction of sp³-hybridized carbons (Fsp3) is 1.00. The van der Waals surface area contributed by atoms with Gasteiger partial charge in [0, 0.05) is 0 Å². The first-order valence-electron chi connectivity index (χ1n) is 10.1. The first-order valence-corrected chi connectivity index (χ1v) is 10.1. The molecule has 0 aromatic heterocycles. The molecule has 0 bridgehead atoms. The van der Waals surface area contributed by atoms with Gasteiger partial charge in [0.2, 0.25) is 0 Å². The number of hydrogen-bond acceptors (Lipinski definition) is 0. The van der Waals surface area contributed by atoms with Gasteiger partial charge in [-0.3, -0.25) is 0 Å². The van der Waals surface area contributed by atoms with Crippen molar-refractivity contribution >= 4 is 0 Å². The van der Waals surface area contributed by atoms with E-state index in [9.17, 15) is 0 Å². The summed E-state index contributed by atoms with van der Waals surface area (Å²) in [5, 5.41) is 0. The molecule has 0 heteroatoms. The lowest BCUT2D eigenvalue weighted by Crippen LogP contribution is -2.52. The molecule has 0 nitrogen and oxygen atoms in total. The highest BCUT2D eigenvalue weighted by molar-refractivity contribution is 5.08. The molecule has 0 heterocycles. The molecule has 4 aliphatic rings. The molecular formula is C21H36. The molecular weight excluding hydrogens is 252 g/mol. The van der Waals surface area contributed by atoms with Gasteiger partial charge in [-0.25, -0.2) is 0 Å². The summed E-state index contributed by atoms with van der Waals surface area (Å²) in [5.74, 6) is 5.39. The maximum Gasteiger partial charge on any atom is -0.0266 e. The average Bonchev–Trinajstić information content (AvgIpc) is 2.83. The van der Waals surface area contributed by atoms with E-state index in [0.717, 1.165) is 35.0 Å². The summed E-state index contributed by atoms with van der Waals surface area (Å²) >= 11 is 0. The third-order valence-electron chi connectivity index (χ3n) is 9.27. The van der Waals surface area contributed by atoms with Crippen molar-refractivity contribution in [1.29, 1.82) is 0 Å². The fourth-order valence-electron chi connectivity index (χ4n) is 8.07. The standard InChI is InChI=1S/C21H36/c1-4-15-9-11-18-17-10-8-16-7-5-6-13-20(16,2)19(17)12-14-21(15,18)3/h15-19H,4-14H2,1-3H3/t15?,16?,17-,18?,19?,20?,21?/m0/s1. The average molecular weight is 289 g/mol. The summed E-state index contributed by atoms with van der Waals surface area (Å²) in [4.78, 5) is 0. The lowest BCUT2D eigenvalue weighted by molar-refractivity contribution is -0.110. The van der Waals surface area contributed by atoms with Crippen LogP contribution in [0.3, 0.4) is 0 Å². The van der Waals surface area contributed by atoms with E-state index in [1.54, 1.807) is 51.4 Å². The zero-order valence-electron chi connectivity index (χ0n) is 14.7.